The molecule has 0 aromatic carbocycles. The van der Waals surface area contributed by atoms with Crippen LogP contribution in [0, 0.1) is 11.3 Å². The van der Waals surface area contributed by atoms with Crippen LogP contribution in [0.5, 0.6) is 0 Å². The van der Waals surface area contributed by atoms with Gasteiger partial charge in [-0.25, -0.2) is 4.98 Å². The molecular weight excluding hydrogens is 226 g/mol. The monoisotopic (exact) mass is 239 g/mol. The zero-order chi connectivity index (χ0) is 12.0. The fourth-order valence-electron chi connectivity index (χ4n) is 1.30. The molecule has 0 saturated heterocycles. The summed E-state index contributed by atoms with van der Waals surface area (Å²) in [5, 5.41) is 21.5. The molecule has 1 heterocycles. The number of nitriles is 1. The number of pyridine rings is 1. The van der Waals surface area contributed by atoms with E-state index in [4.69, 9.17) is 16.9 Å². The van der Waals surface area contributed by atoms with Gasteiger partial charge in [0.15, 0.2) is 0 Å². The Kier molecular flexibility index (Phi) is 5.03. The third-order valence-electron chi connectivity index (χ3n) is 2.14. The molecule has 1 rings (SSSR count). The van der Waals surface area contributed by atoms with Gasteiger partial charge in [0.25, 0.3) is 0 Å². The number of nitrogens with one attached hydrogen (secondary N) is 1. The molecule has 86 valence electrons. The third-order valence-corrected chi connectivity index (χ3v) is 2.52. The summed E-state index contributed by atoms with van der Waals surface area (Å²) in [7, 11) is 0. The molecular formula is C11H14ClN3O. The lowest BCUT2D eigenvalue weighted by molar-refractivity contribution is 0.176. The number of aromatic nitrogens is 1. The van der Waals surface area contributed by atoms with Crippen molar-refractivity contribution in [1.29, 1.82) is 5.26 Å². The van der Waals surface area contributed by atoms with Crippen molar-refractivity contribution in [1.82, 2.24) is 4.98 Å². The molecule has 1 aromatic rings. The van der Waals surface area contributed by atoms with Crippen molar-refractivity contribution in [2.45, 2.75) is 25.9 Å². The van der Waals surface area contributed by atoms with Gasteiger partial charge in [-0.05, 0) is 12.5 Å². The molecule has 1 aromatic heterocycles. The highest BCUT2D eigenvalue weighted by Crippen LogP contribution is 2.22. The van der Waals surface area contributed by atoms with E-state index in [1.807, 2.05) is 13.0 Å². The number of aliphatic hydroxyl groups excluding tert-OH is 1. The van der Waals surface area contributed by atoms with Gasteiger partial charge in [-0.1, -0.05) is 24.9 Å². The Bertz CT molecular complexity index is 389. The van der Waals surface area contributed by atoms with Gasteiger partial charge in [-0.2, -0.15) is 5.26 Å². The Hall–Kier alpha value is -1.31. The second-order valence-electron chi connectivity index (χ2n) is 3.46. The predicted molar refractivity (Wildman–Crippen MR) is 63.4 cm³/mol. The lowest BCUT2D eigenvalue weighted by atomic mass is 10.2. The van der Waals surface area contributed by atoms with E-state index in [0.717, 1.165) is 12.8 Å². The standard InChI is InChI=1S/C11H14ClN3O/c1-2-3-9(16)7-15-11-10(12)8(6-13)4-5-14-11/h4-5,9,16H,2-3,7H2,1H3,(H,14,15). The number of hydrogen-bond donors (Lipinski definition) is 2. The van der Waals surface area contributed by atoms with Crippen LogP contribution in [0.25, 0.3) is 0 Å². The van der Waals surface area contributed by atoms with Gasteiger partial charge in [0, 0.05) is 12.7 Å². The summed E-state index contributed by atoms with van der Waals surface area (Å²) >= 11 is 5.94. The molecule has 1 atom stereocenters. The highest BCUT2D eigenvalue weighted by atomic mass is 35.5. The van der Waals surface area contributed by atoms with Gasteiger partial charge in [-0.3, -0.25) is 0 Å². The summed E-state index contributed by atoms with van der Waals surface area (Å²) in [6.45, 7) is 2.39. The molecule has 0 aliphatic carbocycles. The van der Waals surface area contributed by atoms with Crippen LogP contribution in [0.4, 0.5) is 5.82 Å². The first-order valence-electron chi connectivity index (χ1n) is 5.15. The second kappa shape index (κ2) is 6.31. The van der Waals surface area contributed by atoms with E-state index in [1.54, 1.807) is 6.07 Å². The molecule has 0 fully saturated rings. The zero-order valence-corrected chi connectivity index (χ0v) is 9.83. The molecule has 4 nitrogen and oxygen atoms in total. The van der Waals surface area contributed by atoms with Crippen LogP contribution in [0.2, 0.25) is 5.02 Å². The zero-order valence-electron chi connectivity index (χ0n) is 9.07. The largest absolute Gasteiger partial charge is 0.391 e. The lowest BCUT2D eigenvalue weighted by Crippen LogP contribution is -2.19. The first-order chi connectivity index (χ1) is 7.69. The molecule has 0 amide bonds. The first kappa shape index (κ1) is 12.8. The van der Waals surface area contributed by atoms with Crippen LogP contribution in [0.15, 0.2) is 12.3 Å². The van der Waals surface area contributed by atoms with E-state index in [9.17, 15) is 5.11 Å². The van der Waals surface area contributed by atoms with Crippen molar-refractivity contribution in [3.8, 4) is 6.07 Å². The number of nitrogens with zero attached hydrogens (tertiary/aromatic N) is 2. The minimum absolute atomic E-state index is 0.300. The molecule has 16 heavy (non-hydrogen) atoms. The van der Waals surface area contributed by atoms with Crippen molar-refractivity contribution in [2.24, 2.45) is 0 Å². The second-order valence-corrected chi connectivity index (χ2v) is 3.83. The van der Waals surface area contributed by atoms with Crippen LogP contribution < -0.4 is 5.32 Å². The molecule has 1 unspecified atom stereocenters. The molecule has 0 aliphatic heterocycles. The third kappa shape index (κ3) is 3.37. The summed E-state index contributed by atoms with van der Waals surface area (Å²) < 4.78 is 0. The number of rotatable bonds is 5. The minimum Gasteiger partial charge on any atom is -0.391 e. The van der Waals surface area contributed by atoms with Crippen LogP contribution >= 0.6 is 11.6 Å². The SMILES string of the molecule is CCCC(O)CNc1nccc(C#N)c1Cl. The maximum Gasteiger partial charge on any atom is 0.146 e. The van der Waals surface area contributed by atoms with E-state index in [-0.39, 0.29) is 0 Å². The molecule has 0 aliphatic rings. The average molecular weight is 240 g/mol. The topological polar surface area (TPSA) is 68.9 Å². The average Bonchev–Trinajstić information content (AvgIpc) is 2.28. The van der Waals surface area contributed by atoms with E-state index in [2.05, 4.69) is 10.3 Å². The summed E-state index contributed by atoms with van der Waals surface area (Å²) in [6, 6.07) is 3.53. The Morgan fingerprint density at radius 3 is 3.06 bits per heavy atom. The number of aliphatic hydroxyl groups is 1. The van der Waals surface area contributed by atoms with Crippen molar-refractivity contribution in [2.75, 3.05) is 11.9 Å². The van der Waals surface area contributed by atoms with Crippen LogP contribution in [-0.2, 0) is 0 Å². The smallest absolute Gasteiger partial charge is 0.146 e. The van der Waals surface area contributed by atoms with Crippen molar-refractivity contribution in [3.05, 3.63) is 22.8 Å². The van der Waals surface area contributed by atoms with Gasteiger partial charge >= 0.3 is 0 Å². The van der Waals surface area contributed by atoms with Gasteiger partial charge < -0.3 is 10.4 Å². The van der Waals surface area contributed by atoms with E-state index < -0.39 is 6.10 Å². The Morgan fingerprint density at radius 2 is 2.44 bits per heavy atom. The molecule has 0 radical (unpaired) electrons. The summed E-state index contributed by atoms with van der Waals surface area (Å²) in [5.74, 6) is 0.441. The molecule has 0 spiro atoms. The van der Waals surface area contributed by atoms with Crippen molar-refractivity contribution in [3.63, 3.8) is 0 Å². The maximum atomic E-state index is 9.53. The molecule has 2 N–H and O–H groups in total. The van der Waals surface area contributed by atoms with Crippen molar-refractivity contribution >= 4 is 17.4 Å². The van der Waals surface area contributed by atoms with Crippen LogP contribution in [0.3, 0.4) is 0 Å². The Labute approximate surface area is 99.9 Å². The highest BCUT2D eigenvalue weighted by Gasteiger charge is 2.08. The normalized spacial score (nSPS) is 11.9. The quantitative estimate of drug-likeness (QED) is 0.826. The number of hydrogen-bond acceptors (Lipinski definition) is 4. The summed E-state index contributed by atoms with van der Waals surface area (Å²) in [6.07, 6.45) is 2.73. The van der Waals surface area contributed by atoms with Gasteiger partial charge in [0.1, 0.15) is 16.9 Å². The summed E-state index contributed by atoms with van der Waals surface area (Å²) in [5.41, 5.74) is 0.379. The van der Waals surface area contributed by atoms with E-state index in [1.165, 1.54) is 6.20 Å². The lowest BCUT2D eigenvalue weighted by Gasteiger charge is -2.12. The fraction of sp³-hybridized carbons (Fsp3) is 0.455. The van der Waals surface area contributed by atoms with E-state index >= 15 is 0 Å². The van der Waals surface area contributed by atoms with Crippen LogP contribution in [0.1, 0.15) is 25.3 Å². The Morgan fingerprint density at radius 1 is 1.69 bits per heavy atom. The maximum absolute atomic E-state index is 9.53. The van der Waals surface area contributed by atoms with Crippen molar-refractivity contribution < 1.29 is 5.11 Å². The number of anilines is 1. The molecule has 0 bridgehead atoms. The minimum atomic E-state index is -0.423. The highest BCUT2D eigenvalue weighted by molar-refractivity contribution is 6.34. The van der Waals surface area contributed by atoms with Gasteiger partial charge in [-0.15, -0.1) is 0 Å². The van der Waals surface area contributed by atoms with E-state index in [0.29, 0.717) is 22.9 Å². The van der Waals surface area contributed by atoms with Gasteiger partial charge in [0.05, 0.1) is 11.7 Å². The van der Waals surface area contributed by atoms with Gasteiger partial charge in [0.2, 0.25) is 0 Å². The Balaban J connectivity index is 2.64. The predicted octanol–water partition coefficient (Wildman–Crippen LogP) is 2.18. The fourth-order valence-corrected chi connectivity index (χ4v) is 1.52. The molecule has 0 saturated carbocycles. The van der Waals surface area contributed by atoms with Crippen LogP contribution in [-0.4, -0.2) is 22.7 Å². The number of halogens is 1. The molecule has 5 heteroatoms. The summed E-state index contributed by atoms with van der Waals surface area (Å²) in [4.78, 5) is 4.01. The first-order valence-corrected chi connectivity index (χ1v) is 5.53.